The van der Waals surface area contributed by atoms with Gasteiger partial charge in [-0.3, -0.25) is 9.59 Å². The largest absolute Gasteiger partial charge is 0.466 e. The van der Waals surface area contributed by atoms with E-state index in [1.165, 1.54) is 347 Å². The molecule has 0 aliphatic carbocycles. The minimum Gasteiger partial charge on any atom is -0.466 e. The molecule has 0 bridgehead atoms. The van der Waals surface area contributed by atoms with Crippen molar-refractivity contribution >= 4 is 11.9 Å². The van der Waals surface area contributed by atoms with Gasteiger partial charge >= 0.3 is 5.97 Å². The van der Waals surface area contributed by atoms with Crippen LogP contribution in [0.5, 0.6) is 0 Å². The van der Waals surface area contributed by atoms with Crippen LogP contribution in [0.15, 0.2) is 0 Å². The van der Waals surface area contributed by atoms with Gasteiger partial charge in [-0.1, -0.05) is 380 Å². The minimum absolute atomic E-state index is 0.0262. The molecule has 0 aromatic rings. The standard InChI is InChI=1S/C71H141NO5/c1-3-5-7-9-11-13-15-16-17-18-35-38-41-45-49-53-57-61-65-71(76)77-66-62-58-54-50-46-42-39-36-33-31-29-27-25-23-21-19-20-22-24-26-28-30-32-34-37-40-44-48-52-56-60-64-70(75)72-68(67-73)69(74)63-59-55-51-47-43-14-12-10-8-6-4-2/h68-69,73-74H,3-67H2,1-2H3,(H,72,75). The zero-order valence-electron chi connectivity index (χ0n) is 52.7. The van der Waals surface area contributed by atoms with Gasteiger partial charge in [0.25, 0.3) is 0 Å². The molecule has 0 fully saturated rings. The predicted octanol–water partition coefficient (Wildman–Crippen LogP) is 23.0. The fourth-order valence-electron chi connectivity index (χ4n) is 11.7. The molecule has 6 nitrogen and oxygen atoms in total. The first-order valence-corrected chi connectivity index (χ1v) is 35.8. The summed E-state index contributed by atoms with van der Waals surface area (Å²) in [7, 11) is 0. The Bertz CT molecular complexity index is 1120. The number of carbonyl (C=O) groups is 2. The summed E-state index contributed by atoms with van der Waals surface area (Å²) in [6.07, 6.45) is 81.7. The fourth-order valence-corrected chi connectivity index (χ4v) is 11.7. The topological polar surface area (TPSA) is 95.9 Å². The van der Waals surface area contributed by atoms with Crippen LogP contribution in [0.1, 0.15) is 418 Å². The Balaban J connectivity index is 3.28. The fraction of sp³-hybridized carbons (Fsp3) is 0.972. The normalized spacial score (nSPS) is 12.4. The van der Waals surface area contributed by atoms with Gasteiger partial charge in [0.05, 0.1) is 25.4 Å². The molecule has 0 aromatic heterocycles. The second-order valence-electron chi connectivity index (χ2n) is 24.9. The molecule has 0 heterocycles. The van der Waals surface area contributed by atoms with E-state index in [0.29, 0.717) is 25.9 Å². The maximum Gasteiger partial charge on any atom is 0.305 e. The maximum absolute atomic E-state index is 12.5. The number of aliphatic hydroxyl groups is 2. The molecule has 0 aliphatic heterocycles. The number of hydrogen-bond donors (Lipinski definition) is 3. The van der Waals surface area contributed by atoms with Crippen LogP contribution in [-0.2, 0) is 14.3 Å². The number of rotatable bonds is 68. The van der Waals surface area contributed by atoms with Crippen LogP contribution < -0.4 is 5.32 Å². The highest BCUT2D eigenvalue weighted by atomic mass is 16.5. The van der Waals surface area contributed by atoms with Gasteiger partial charge in [-0.15, -0.1) is 0 Å². The molecule has 0 aliphatic rings. The summed E-state index contributed by atoms with van der Waals surface area (Å²) in [5.41, 5.74) is 0. The predicted molar refractivity (Wildman–Crippen MR) is 338 cm³/mol. The van der Waals surface area contributed by atoms with Gasteiger partial charge in [-0.05, 0) is 25.7 Å². The van der Waals surface area contributed by atoms with Crippen molar-refractivity contribution in [2.45, 2.75) is 431 Å². The maximum atomic E-state index is 12.5. The monoisotopic (exact) mass is 1090 g/mol. The first-order valence-electron chi connectivity index (χ1n) is 35.8. The van der Waals surface area contributed by atoms with Crippen molar-refractivity contribution in [2.24, 2.45) is 0 Å². The molecule has 77 heavy (non-hydrogen) atoms. The van der Waals surface area contributed by atoms with E-state index in [1.54, 1.807) is 0 Å². The molecule has 0 radical (unpaired) electrons. The zero-order valence-corrected chi connectivity index (χ0v) is 52.7. The number of unbranched alkanes of at least 4 members (excludes halogenated alkanes) is 57. The molecular weight excluding hydrogens is 947 g/mol. The molecule has 0 spiro atoms. The van der Waals surface area contributed by atoms with E-state index in [0.717, 1.165) is 38.5 Å². The number of nitrogens with one attached hydrogen (secondary N) is 1. The molecular formula is C71H141NO5. The van der Waals surface area contributed by atoms with Crippen LogP contribution in [0.4, 0.5) is 0 Å². The number of ether oxygens (including phenoxy) is 1. The Morgan fingerprint density at radius 2 is 0.532 bits per heavy atom. The van der Waals surface area contributed by atoms with Crippen molar-refractivity contribution in [2.75, 3.05) is 13.2 Å². The smallest absolute Gasteiger partial charge is 0.305 e. The van der Waals surface area contributed by atoms with Crippen LogP contribution in [-0.4, -0.2) is 47.4 Å². The first-order chi connectivity index (χ1) is 38.0. The molecule has 3 N–H and O–H groups in total. The number of aliphatic hydroxyl groups excluding tert-OH is 2. The highest BCUT2D eigenvalue weighted by molar-refractivity contribution is 5.76. The van der Waals surface area contributed by atoms with E-state index in [4.69, 9.17) is 4.74 Å². The van der Waals surface area contributed by atoms with E-state index < -0.39 is 12.1 Å². The van der Waals surface area contributed by atoms with Gasteiger partial charge in [-0.25, -0.2) is 0 Å². The van der Waals surface area contributed by atoms with Gasteiger partial charge in [0, 0.05) is 12.8 Å². The van der Waals surface area contributed by atoms with Crippen molar-refractivity contribution in [3.8, 4) is 0 Å². The van der Waals surface area contributed by atoms with Crippen molar-refractivity contribution in [3.05, 3.63) is 0 Å². The van der Waals surface area contributed by atoms with Crippen LogP contribution in [0.2, 0.25) is 0 Å². The Kier molecular flexibility index (Phi) is 66.4. The summed E-state index contributed by atoms with van der Waals surface area (Å²) >= 11 is 0. The van der Waals surface area contributed by atoms with E-state index in [1.807, 2.05) is 0 Å². The Morgan fingerprint density at radius 1 is 0.312 bits per heavy atom. The second kappa shape index (κ2) is 67.4. The summed E-state index contributed by atoms with van der Waals surface area (Å²) in [6, 6.07) is -0.535. The number of amides is 1. The molecule has 2 atom stereocenters. The molecule has 460 valence electrons. The van der Waals surface area contributed by atoms with Gasteiger partial charge < -0.3 is 20.3 Å². The van der Waals surface area contributed by atoms with Crippen LogP contribution in [0.25, 0.3) is 0 Å². The lowest BCUT2D eigenvalue weighted by Crippen LogP contribution is -2.45. The highest BCUT2D eigenvalue weighted by Gasteiger charge is 2.20. The second-order valence-corrected chi connectivity index (χ2v) is 24.9. The average Bonchev–Trinajstić information content (AvgIpc) is 3.43. The Labute approximate surface area is 483 Å². The third kappa shape index (κ3) is 63.9. The Morgan fingerprint density at radius 3 is 0.792 bits per heavy atom. The van der Waals surface area contributed by atoms with Gasteiger partial charge in [0.1, 0.15) is 0 Å². The minimum atomic E-state index is -0.658. The molecule has 1 amide bonds. The number of hydrogen-bond acceptors (Lipinski definition) is 5. The molecule has 0 rings (SSSR count). The van der Waals surface area contributed by atoms with Crippen molar-refractivity contribution < 1.29 is 24.5 Å². The van der Waals surface area contributed by atoms with E-state index in [-0.39, 0.29) is 18.5 Å². The van der Waals surface area contributed by atoms with Crippen molar-refractivity contribution in [1.82, 2.24) is 5.32 Å². The lowest BCUT2D eigenvalue weighted by atomic mass is 10.0. The van der Waals surface area contributed by atoms with Crippen LogP contribution in [0, 0.1) is 0 Å². The van der Waals surface area contributed by atoms with E-state index in [9.17, 15) is 19.8 Å². The lowest BCUT2D eigenvalue weighted by molar-refractivity contribution is -0.143. The SMILES string of the molecule is CCCCCCCCCCCCCCCCCCCCC(=O)OCCCCCCCCCCCCCCCCCCCCCCCCCCCCCCCCCC(=O)NC(CO)C(O)CCCCCCCCCCCCC. The van der Waals surface area contributed by atoms with Crippen molar-refractivity contribution in [3.63, 3.8) is 0 Å². The summed E-state index contributed by atoms with van der Waals surface area (Å²) in [6.45, 7) is 4.99. The van der Waals surface area contributed by atoms with Gasteiger partial charge in [0.15, 0.2) is 0 Å². The Hall–Kier alpha value is -1.14. The summed E-state index contributed by atoms with van der Waals surface area (Å²) in [5, 5.41) is 23.2. The molecule has 0 saturated heterocycles. The van der Waals surface area contributed by atoms with Gasteiger partial charge in [0.2, 0.25) is 5.91 Å². The third-order valence-corrected chi connectivity index (χ3v) is 17.2. The van der Waals surface area contributed by atoms with Gasteiger partial charge in [-0.2, -0.15) is 0 Å². The number of carbonyl (C=O) groups excluding carboxylic acids is 2. The first kappa shape index (κ1) is 75.9. The van der Waals surface area contributed by atoms with E-state index >= 15 is 0 Å². The molecule has 0 saturated carbocycles. The zero-order chi connectivity index (χ0) is 55.7. The average molecular weight is 1090 g/mol. The van der Waals surface area contributed by atoms with E-state index in [2.05, 4.69) is 19.2 Å². The highest BCUT2D eigenvalue weighted by Crippen LogP contribution is 2.20. The number of esters is 1. The molecule has 2 unspecified atom stereocenters. The summed E-state index contributed by atoms with van der Waals surface area (Å²) < 4.78 is 5.51. The lowest BCUT2D eigenvalue weighted by Gasteiger charge is -2.22. The molecule has 6 heteroatoms. The summed E-state index contributed by atoms with van der Waals surface area (Å²) in [4.78, 5) is 24.6. The molecule has 0 aromatic carbocycles. The quantitative estimate of drug-likeness (QED) is 0.0417. The van der Waals surface area contributed by atoms with Crippen LogP contribution >= 0.6 is 0 Å². The summed E-state index contributed by atoms with van der Waals surface area (Å²) in [5.74, 6) is -0.00279. The van der Waals surface area contributed by atoms with Crippen LogP contribution in [0.3, 0.4) is 0 Å². The third-order valence-electron chi connectivity index (χ3n) is 17.2. The van der Waals surface area contributed by atoms with Crippen molar-refractivity contribution in [1.29, 1.82) is 0 Å².